The first kappa shape index (κ1) is 21.0. The topological polar surface area (TPSA) is 131 Å². The number of halogens is 2. The molecule has 8 nitrogen and oxygen atoms in total. The number of aliphatic hydroxyl groups is 1. The fourth-order valence-corrected chi connectivity index (χ4v) is 3.97. The maximum atomic E-state index is 10.9. The third kappa shape index (κ3) is 4.31. The lowest BCUT2D eigenvalue weighted by atomic mass is 10.1. The minimum absolute atomic E-state index is 0.0777. The smallest absolute Gasteiger partial charge is 0.307 e. The highest BCUT2D eigenvalue weighted by Gasteiger charge is 2.28. The predicted octanol–water partition coefficient (Wildman–Crippen LogP) is 3.79. The molecule has 1 atom stereocenters. The molecule has 0 radical (unpaired) electrons. The van der Waals surface area contributed by atoms with Crippen LogP contribution in [0.15, 0.2) is 36.4 Å². The molecule has 1 unspecified atom stereocenters. The average molecular weight is 456 g/mol. The van der Waals surface area contributed by atoms with Gasteiger partial charge in [0.25, 0.3) is 0 Å². The Morgan fingerprint density at radius 1 is 1.23 bits per heavy atom. The number of nitrogens with zero attached hydrogens (tertiary/aromatic N) is 3. The minimum Gasteiger partial charge on any atom is -0.481 e. The summed E-state index contributed by atoms with van der Waals surface area (Å²) in [5.74, 6) is -0.302. The van der Waals surface area contributed by atoms with Crippen LogP contribution in [-0.2, 0) is 17.8 Å². The van der Waals surface area contributed by atoms with Crippen LogP contribution in [0.1, 0.15) is 28.6 Å². The molecule has 1 aliphatic heterocycles. The Hall–Kier alpha value is -3.22. The third-order valence-corrected chi connectivity index (χ3v) is 5.32. The highest BCUT2D eigenvalue weighted by atomic mass is 35.5. The van der Waals surface area contributed by atoms with E-state index in [0.717, 1.165) is 0 Å². The van der Waals surface area contributed by atoms with E-state index in [1.54, 1.807) is 24.3 Å². The number of hydrogen-bond donors (Lipinski definition) is 4. The molecule has 4 N–H and O–H groups in total. The number of benzene rings is 2. The average Bonchev–Trinajstić information content (AvgIpc) is 3.09. The normalized spacial score (nSPS) is 14.7. The van der Waals surface area contributed by atoms with Crippen LogP contribution in [0, 0.1) is 11.3 Å². The molecule has 1 aliphatic rings. The Bertz CT molecular complexity index is 1200. The second-order valence-electron chi connectivity index (χ2n) is 6.86. The second kappa shape index (κ2) is 8.49. The van der Waals surface area contributed by atoms with Gasteiger partial charge in [0.15, 0.2) is 5.82 Å². The van der Waals surface area contributed by atoms with Crippen molar-refractivity contribution in [2.45, 2.75) is 19.2 Å². The van der Waals surface area contributed by atoms with Gasteiger partial charge in [0.1, 0.15) is 12.0 Å². The first-order valence-electron chi connectivity index (χ1n) is 9.15. The molecule has 0 bridgehead atoms. The van der Waals surface area contributed by atoms with Gasteiger partial charge in [-0.05, 0) is 29.8 Å². The summed E-state index contributed by atoms with van der Waals surface area (Å²) in [6, 6.07) is 11.8. The van der Waals surface area contributed by atoms with Gasteiger partial charge in [-0.25, -0.2) is 9.97 Å². The van der Waals surface area contributed by atoms with E-state index in [0.29, 0.717) is 46.0 Å². The lowest BCUT2D eigenvalue weighted by Crippen LogP contribution is -2.12. The molecular formula is C21H15Cl2N5O3. The summed E-state index contributed by atoms with van der Waals surface area (Å²) in [6.07, 6.45) is -1.03. The van der Waals surface area contributed by atoms with Crippen molar-refractivity contribution < 1.29 is 15.0 Å². The fourth-order valence-electron chi connectivity index (χ4n) is 3.31. The summed E-state index contributed by atoms with van der Waals surface area (Å²) in [5, 5.41) is 34.9. The van der Waals surface area contributed by atoms with Crippen LogP contribution in [0.5, 0.6) is 0 Å². The van der Waals surface area contributed by atoms with Crippen molar-refractivity contribution in [1.29, 1.82) is 5.26 Å². The zero-order chi connectivity index (χ0) is 22.1. The van der Waals surface area contributed by atoms with E-state index < -0.39 is 12.2 Å². The molecule has 0 saturated carbocycles. The number of carboxylic acids is 1. The maximum absolute atomic E-state index is 10.9. The summed E-state index contributed by atoms with van der Waals surface area (Å²) in [6.45, 7) is 0.323. The standard InChI is InChI=1S/C21H15Cl2N5O3/c22-13-5-11(8-24)6-14(23)17(13)19-27-15-9-25-21(31)18(15)20(28-19)26-12-3-1-10(2-4-12)7-16(29)30/h1-6,21,25,31H,7,9H2,(H,29,30)(H,26,27,28). The molecule has 0 spiro atoms. The molecular weight excluding hydrogens is 441 g/mol. The number of aliphatic carboxylic acids is 1. The van der Waals surface area contributed by atoms with Crippen LogP contribution < -0.4 is 10.6 Å². The Morgan fingerprint density at radius 3 is 2.52 bits per heavy atom. The summed E-state index contributed by atoms with van der Waals surface area (Å²) < 4.78 is 0. The number of nitrogens with one attached hydrogen (secondary N) is 2. The Balaban J connectivity index is 1.76. The van der Waals surface area contributed by atoms with Crippen LogP contribution in [0.3, 0.4) is 0 Å². The van der Waals surface area contributed by atoms with Crippen molar-refractivity contribution in [2.24, 2.45) is 0 Å². The van der Waals surface area contributed by atoms with E-state index in [4.69, 9.17) is 33.6 Å². The van der Waals surface area contributed by atoms with Crippen molar-refractivity contribution >= 4 is 40.7 Å². The fraction of sp³-hybridized carbons (Fsp3) is 0.143. The molecule has 2 heterocycles. The van der Waals surface area contributed by atoms with E-state index in [2.05, 4.69) is 20.6 Å². The first-order chi connectivity index (χ1) is 14.9. The Labute approximate surface area is 187 Å². The molecule has 4 rings (SSSR count). The zero-order valence-corrected chi connectivity index (χ0v) is 17.4. The summed E-state index contributed by atoms with van der Waals surface area (Å²) in [4.78, 5) is 19.9. The van der Waals surface area contributed by atoms with E-state index >= 15 is 0 Å². The van der Waals surface area contributed by atoms with Crippen molar-refractivity contribution in [3.8, 4) is 17.5 Å². The monoisotopic (exact) mass is 455 g/mol. The maximum Gasteiger partial charge on any atom is 0.307 e. The first-order valence-corrected chi connectivity index (χ1v) is 9.91. The Kier molecular flexibility index (Phi) is 5.76. The number of aromatic nitrogens is 2. The number of carboxylic acid groups (broad SMARTS) is 1. The summed E-state index contributed by atoms with van der Waals surface area (Å²) >= 11 is 12.7. The van der Waals surface area contributed by atoms with Crippen molar-refractivity contribution in [2.75, 3.05) is 5.32 Å². The van der Waals surface area contributed by atoms with Gasteiger partial charge in [0.05, 0.1) is 44.9 Å². The van der Waals surface area contributed by atoms with Gasteiger partial charge in [0, 0.05) is 12.2 Å². The molecule has 10 heteroatoms. The van der Waals surface area contributed by atoms with Crippen LogP contribution in [0.4, 0.5) is 11.5 Å². The van der Waals surface area contributed by atoms with Crippen molar-refractivity contribution in [3.05, 3.63) is 68.8 Å². The highest BCUT2D eigenvalue weighted by Crippen LogP contribution is 2.38. The predicted molar refractivity (Wildman–Crippen MR) is 115 cm³/mol. The number of anilines is 2. The van der Waals surface area contributed by atoms with E-state index in [9.17, 15) is 9.90 Å². The number of rotatable bonds is 5. The second-order valence-corrected chi connectivity index (χ2v) is 7.67. The van der Waals surface area contributed by atoms with E-state index in [1.165, 1.54) is 12.1 Å². The molecule has 156 valence electrons. The van der Waals surface area contributed by atoms with Gasteiger partial charge in [-0.1, -0.05) is 35.3 Å². The van der Waals surface area contributed by atoms with Crippen LogP contribution in [-0.4, -0.2) is 26.2 Å². The molecule has 0 aliphatic carbocycles. The lowest BCUT2D eigenvalue weighted by Gasteiger charge is -2.15. The molecule has 31 heavy (non-hydrogen) atoms. The van der Waals surface area contributed by atoms with Gasteiger partial charge in [-0.15, -0.1) is 0 Å². The third-order valence-electron chi connectivity index (χ3n) is 4.73. The Morgan fingerprint density at radius 2 is 1.90 bits per heavy atom. The highest BCUT2D eigenvalue weighted by molar-refractivity contribution is 6.39. The lowest BCUT2D eigenvalue weighted by molar-refractivity contribution is -0.136. The molecule has 3 aromatic rings. The van der Waals surface area contributed by atoms with Crippen LogP contribution >= 0.6 is 23.2 Å². The molecule has 1 aromatic heterocycles. The van der Waals surface area contributed by atoms with E-state index in [1.807, 2.05) is 6.07 Å². The summed E-state index contributed by atoms with van der Waals surface area (Å²) in [5.41, 5.74) is 3.09. The van der Waals surface area contributed by atoms with Gasteiger partial charge in [0.2, 0.25) is 0 Å². The molecule has 0 amide bonds. The molecule has 2 aromatic carbocycles. The van der Waals surface area contributed by atoms with Crippen LogP contribution in [0.2, 0.25) is 10.0 Å². The van der Waals surface area contributed by atoms with Gasteiger partial charge < -0.3 is 15.5 Å². The number of fused-ring (bicyclic) bond motifs is 1. The number of hydrogen-bond acceptors (Lipinski definition) is 7. The van der Waals surface area contributed by atoms with Crippen molar-refractivity contribution in [3.63, 3.8) is 0 Å². The van der Waals surface area contributed by atoms with Gasteiger partial charge in [-0.2, -0.15) is 5.26 Å². The number of nitriles is 1. The van der Waals surface area contributed by atoms with Crippen molar-refractivity contribution in [1.82, 2.24) is 15.3 Å². The number of aliphatic hydroxyl groups excluding tert-OH is 1. The SMILES string of the molecule is N#Cc1cc(Cl)c(-c2nc3c(c(Nc4ccc(CC(=O)O)cc4)n2)C(O)NC3)c(Cl)c1. The summed E-state index contributed by atoms with van der Waals surface area (Å²) in [7, 11) is 0. The van der Waals surface area contributed by atoms with Gasteiger partial charge >= 0.3 is 5.97 Å². The number of carbonyl (C=O) groups is 1. The minimum atomic E-state index is -0.954. The van der Waals surface area contributed by atoms with E-state index in [-0.39, 0.29) is 22.3 Å². The van der Waals surface area contributed by atoms with Gasteiger partial charge in [-0.3, -0.25) is 10.1 Å². The molecule has 0 saturated heterocycles. The molecule has 0 fully saturated rings. The largest absolute Gasteiger partial charge is 0.481 e. The quantitative estimate of drug-likeness (QED) is 0.456. The van der Waals surface area contributed by atoms with Crippen LogP contribution in [0.25, 0.3) is 11.4 Å². The zero-order valence-electron chi connectivity index (χ0n) is 15.9.